The normalized spacial score (nSPS) is 13.7. The van der Waals surface area contributed by atoms with Crippen LogP contribution in [0, 0.1) is 0 Å². The van der Waals surface area contributed by atoms with E-state index in [-0.39, 0.29) is 6.17 Å². The van der Waals surface area contributed by atoms with E-state index >= 15 is 0 Å². The first-order valence-corrected chi connectivity index (χ1v) is 20.2. The minimum absolute atomic E-state index is 0.142. The number of nitrogens with one attached hydrogen (secondary N) is 1. The molecule has 11 aromatic rings. The van der Waals surface area contributed by atoms with E-state index in [1.165, 1.54) is 43.6 Å². The van der Waals surface area contributed by atoms with Gasteiger partial charge in [-0.3, -0.25) is 4.90 Å². The molecular weight excluding hydrogens is 719 g/mol. The minimum Gasteiger partial charge on any atom is -0.358 e. The quantitative estimate of drug-likeness (QED) is 0.184. The molecular formula is C54H37N5. The number of nitrogens with zero attached hydrogens (tertiary/aromatic N) is 4. The predicted molar refractivity (Wildman–Crippen MR) is 245 cm³/mol. The molecule has 0 spiro atoms. The second-order valence-electron chi connectivity index (χ2n) is 15.3. The Hall–Kier alpha value is -7.89. The second kappa shape index (κ2) is 13.4. The molecule has 1 aliphatic heterocycles. The Morgan fingerprint density at radius 3 is 1.36 bits per heavy atom. The Morgan fingerprint density at radius 2 is 0.831 bits per heavy atom. The Labute approximate surface area is 341 Å². The van der Waals surface area contributed by atoms with Crippen molar-refractivity contribution in [2.24, 2.45) is 0 Å². The van der Waals surface area contributed by atoms with Gasteiger partial charge in [-0.25, -0.2) is 4.98 Å². The lowest BCUT2D eigenvalue weighted by Gasteiger charge is -2.26. The van der Waals surface area contributed by atoms with Crippen LogP contribution < -0.4 is 10.2 Å². The lowest BCUT2D eigenvalue weighted by atomic mass is 10.0. The number of para-hydroxylation sites is 5. The molecule has 1 aliphatic rings. The van der Waals surface area contributed by atoms with Gasteiger partial charge in [-0.2, -0.15) is 0 Å². The summed E-state index contributed by atoms with van der Waals surface area (Å²) in [5, 5.41) is 8.83. The summed E-state index contributed by atoms with van der Waals surface area (Å²) in [5.74, 6) is 0.916. The smallest absolute Gasteiger partial charge is 0.158 e. The zero-order chi connectivity index (χ0) is 38.9. The van der Waals surface area contributed by atoms with Crippen LogP contribution in [-0.2, 0) is 0 Å². The highest BCUT2D eigenvalue weighted by atomic mass is 15.4. The first-order chi connectivity index (χ1) is 29.3. The van der Waals surface area contributed by atoms with Crippen molar-refractivity contribution in [1.82, 2.24) is 14.1 Å². The van der Waals surface area contributed by atoms with Gasteiger partial charge in [0.1, 0.15) is 6.17 Å². The van der Waals surface area contributed by atoms with Crippen molar-refractivity contribution in [1.29, 1.82) is 0 Å². The summed E-state index contributed by atoms with van der Waals surface area (Å²) in [6, 6.07) is 74.3. The monoisotopic (exact) mass is 755 g/mol. The molecule has 5 nitrogen and oxygen atoms in total. The second-order valence-corrected chi connectivity index (χ2v) is 15.3. The number of pyridine rings is 1. The summed E-state index contributed by atoms with van der Waals surface area (Å²) < 4.78 is 4.85. The zero-order valence-electron chi connectivity index (χ0n) is 32.1. The number of hydrogen-bond donors (Lipinski definition) is 1. The highest BCUT2D eigenvalue weighted by molar-refractivity contribution is 6.10. The van der Waals surface area contributed by atoms with Crippen LogP contribution in [0.1, 0.15) is 11.7 Å². The standard InChI is InChI=1S/C54H37N5/c1-3-15-36(16-4-1)40-33-48-54(55-35-40)59(41-17-5-2-6-18-41)53(56-48)38-29-27-37(28-30-38)39-31-42(57-49-23-11-7-19-44(49)45-20-8-12-24-50(45)57)34-43(32-39)58-51-25-13-9-21-46(51)47-22-10-14-26-52(47)58/h1-35,53,56H. The predicted octanol–water partition coefficient (Wildman–Crippen LogP) is 13.9. The van der Waals surface area contributed by atoms with Crippen LogP contribution in [0.2, 0.25) is 0 Å². The third kappa shape index (κ3) is 5.36. The molecule has 5 heteroatoms. The summed E-state index contributed by atoms with van der Waals surface area (Å²) in [6.45, 7) is 0. The first-order valence-electron chi connectivity index (χ1n) is 20.2. The van der Waals surface area contributed by atoms with E-state index in [0.29, 0.717) is 0 Å². The molecule has 0 saturated heterocycles. The maximum Gasteiger partial charge on any atom is 0.158 e. The van der Waals surface area contributed by atoms with Crippen LogP contribution >= 0.6 is 0 Å². The molecule has 4 heterocycles. The van der Waals surface area contributed by atoms with Crippen molar-refractivity contribution in [2.75, 3.05) is 10.2 Å². The SMILES string of the molecule is c1ccc(-c2cnc3c(c2)NC(c2ccc(-c4cc(-n5c6ccccc6c6ccccc65)cc(-n5c6ccccc6c6ccccc65)c4)cc2)N3c2ccccc2)cc1. The highest BCUT2D eigenvalue weighted by Gasteiger charge is 2.33. The van der Waals surface area contributed by atoms with Gasteiger partial charge in [0.2, 0.25) is 0 Å². The topological polar surface area (TPSA) is 38.0 Å². The van der Waals surface area contributed by atoms with E-state index in [4.69, 9.17) is 4.98 Å². The van der Waals surface area contributed by atoms with Crippen LogP contribution in [0.25, 0.3) is 77.2 Å². The summed E-state index contributed by atoms with van der Waals surface area (Å²) in [6.07, 6.45) is 1.84. The average molecular weight is 756 g/mol. The Bertz CT molecular complexity index is 3120. The fourth-order valence-corrected chi connectivity index (χ4v) is 9.25. The number of rotatable bonds is 6. The molecule has 1 unspecified atom stereocenters. The number of anilines is 3. The molecule has 0 fully saturated rings. The zero-order valence-corrected chi connectivity index (χ0v) is 32.1. The van der Waals surface area contributed by atoms with Gasteiger partial charge in [-0.1, -0.05) is 146 Å². The Morgan fingerprint density at radius 1 is 0.373 bits per heavy atom. The van der Waals surface area contributed by atoms with Gasteiger partial charge in [0.05, 0.1) is 27.8 Å². The molecule has 3 aromatic heterocycles. The fourth-order valence-electron chi connectivity index (χ4n) is 9.25. The Kier molecular flexibility index (Phi) is 7.53. The van der Waals surface area contributed by atoms with Gasteiger partial charge < -0.3 is 14.5 Å². The van der Waals surface area contributed by atoms with Gasteiger partial charge in [0.25, 0.3) is 0 Å². The van der Waals surface area contributed by atoms with Crippen LogP contribution in [-0.4, -0.2) is 14.1 Å². The molecule has 0 saturated carbocycles. The van der Waals surface area contributed by atoms with Crippen molar-refractivity contribution >= 4 is 60.8 Å². The van der Waals surface area contributed by atoms with Gasteiger partial charge in [0, 0.05) is 50.4 Å². The fraction of sp³-hybridized carbons (Fsp3) is 0.0185. The van der Waals surface area contributed by atoms with Gasteiger partial charge in [-0.05, 0) is 82.9 Å². The van der Waals surface area contributed by atoms with Crippen molar-refractivity contribution in [3.05, 3.63) is 218 Å². The highest BCUT2D eigenvalue weighted by Crippen LogP contribution is 2.46. The van der Waals surface area contributed by atoms with Crippen molar-refractivity contribution in [3.63, 3.8) is 0 Å². The van der Waals surface area contributed by atoms with Crippen LogP contribution in [0.5, 0.6) is 0 Å². The number of hydrogen-bond acceptors (Lipinski definition) is 3. The van der Waals surface area contributed by atoms with Crippen LogP contribution in [0.3, 0.4) is 0 Å². The molecule has 8 aromatic carbocycles. The van der Waals surface area contributed by atoms with E-state index in [1.54, 1.807) is 0 Å². The van der Waals surface area contributed by atoms with E-state index in [9.17, 15) is 0 Å². The number of benzene rings is 8. The van der Waals surface area contributed by atoms with E-state index in [2.05, 4.69) is 220 Å². The van der Waals surface area contributed by atoms with Crippen molar-refractivity contribution in [3.8, 4) is 33.6 Å². The van der Waals surface area contributed by atoms with Crippen LogP contribution in [0.15, 0.2) is 212 Å². The number of aromatic nitrogens is 3. The summed E-state index contributed by atoms with van der Waals surface area (Å²) >= 11 is 0. The minimum atomic E-state index is -0.142. The maximum atomic E-state index is 5.05. The third-order valence-corrected chi connectivity index (χ3v) is 11.9. The summed E-state index contributed by atoms with van der Waals surface area (Å²) in [4.78, 5) is 7.36. The lowest BCUT2D eigenvalue weighted by Crippen LogP contribution is -2.23. The van der Waals surface area contributed by atoms with Gasteiger partial charge in [-0.15, -0.1) is 0 Å². The number of fused-ring (bicyclic) bond motifs is 7. The molecule has 0 amide bonds. The molecule has 1 N–H and O–H groups in total. The first kappa shape index (κ1) is 33.3. The molecule has 0 bridgehead atoms. The van der Waals surface area contributed by atoms with Gasteiger partial charge in [0.15, 0.2) is 5.82 Å². The Balaban J connectivity index is 1.02. The molecule has 0 aliphatic carbocycles. The molecule has 1 atom stereocenters. The lowest BCUT2D eigenvalue weighted by molar-refractivity contribution is 0.820. The van der Waals surface area contributed by atoms with E-state index in [1.807, 2.05) is 12.3 Å². The van der Waals surface area contributed by atoms with E-state index in [0.717, 1.165) is 56.4 Å². The van der Waals surface area contributed by atoms with Crippen LogP contribution in [0.4, 0.5) is 17.2 Å². The summed E-state index contributed by atoms with van der Waals surface area (Å²) in [5.41, 5.74) is 14.7. The van der Waals surface area contributed by atoms with E-state index < -0.39 is 0 Å². The largest absolute Gasteiger partial charge is 0.358 e. The summed E-state index contributed by atoms with van der Waals surface area (Å²) in [7, 11) is 0. The van der Waals surface area contributed by atoms with Crippen molar-refractivity contribution < 1.29 is 0 Å². The molecule has 12 rings (SSSR count). The average Bonchev–Trinajstić information content (AvgIpc) is 3.97. The van der Waals surface area contributed by atoms with Gasteiger partial charge >= 0.3 is 0 Å². The molecule has 59 heavy (non-hydrogen) atoms. The molecule has 0 radical (unpaired) electrons. The van der Waals surface area contributed by atoms with Crippen molar-refractivity contribution in [2.45, 2.75) is 6.17 Å². The third-order valence-electron chi connectivity index (χ3n) is 11.9. The molecule has 278 valence electrons. The maximum absolute atomic E-state index is 5.05.